The molecule has 2 aromatic carbocycles. The molecule has 2 N–H and O–H groups in total. The zero-order chi connectivity index (χ0) is 21.2. The number of pyridine rings is 1. The second-order valence-corrected chi connectivity index (χ2v) is 6.73. The molecule has 3 aromatic rings. The summed E-state index contributed by atoms with van der Waals surface area (Å²) in [5.74, 6) is -0.599. The Morgan fingerprint density at radius 3 is 2.34 bits per heavy atom. The van der Waals surface area contributed by atoms with Crippen molar-refractivity contribution in [3.05, 3.63) is 84.7 Å². The maximum absolute atomic E-state index is 13.0. The fourth-order valence-electron chi connectivity index (χ4n) is 3.08. The molecule has 3 rings (SSSR count). The van der Waals surface area contributed by atoms with E-state index in [4.69, 9.17) is 4.74 Å². The molecule has 1 aromatic heterocycles. The summed E-state index contributed by atoms with van der Waals surface area (Å²) in [5.41, 5.74) is 3.68. The van der Waals surface area contributed by atoms with Gasteiger partial charge in [-0.05, 0) is 54.3 Å². The standard InChI is InChI=1S/C24H25N3O3.2ClH/c1-2-30-23(28)17-26-22(15-18-7-4-3-5-8-18)24(29)27-21-10-6-9-20(16-21)19-11-13-25-14-12-19;;/h3-14,16,22,26H,2,15,17H2,1H3,(H,27,29);2*1H/t22-;;/m0../s1. The minimum absolute atomic E-state index is 0. The Labute approximate surface area is 200 Å². The number of nitrogens with zero attached hydrogens (tertiary/aromatic N) is 1. The lowest BCUT2D eigenvalue weighted by molar-refractivity contribution is -0.142. The summed E-state index contributed by atoms with van der Waals surface area (Å²) in [5, 5.41) is 5.98. The highest BCUT2D eigenvalue weighted by Crippen LogP contribution is 2.22. The summed E-state index contributed by atoms with van der Waals surface area (Å²) < 4.78 is 4.97. The van der Waals surface area contributed by atoms with Crippen LogP contribution in [-0.2, 0) is 20.7 Å². The third-order valence-corrected chi connectivity index (χ3v) is 4.54. The lowest BCUT2D eigenvalue weighted by atomic mass is 10.0. The molecule has 0 fully saturated rings. The van der Waals surface area contributed by atoms with Crippen LogP contribution in [0.1, 0.15) is 12.5 Å². The van der Waals surface area contributed by atoms with Crippen molar-refractivity contribution in [1.82, 2.24) is 10.3 Å². The predicted molar refractivity (Wildman–Crippen MR) is 131 cm³/mol. The van der Waals surface area contributed by atoms with Crippen molar-refractivity contribution < 1.29 is 14.3 Å². The number of anilines is 1. The normalized spacial score (nSPS) is 10.8. The first kappa shape index (κ1) is 27.1. The Hall–Kier alpha value is -2.93. The van der Waals surface area contributed by atoms with E-state index in [-0.39, 0.29) is 43.2 Å². The maximum atomic E-state index is 13.0. The van der Waals surface area contributed by atoms with Crippen molar-refractivity contribution in [3.63, 3.8) is 0 Å². The number of carbonyl (C=O) groups excluding carboxylic acids is 2. The van der Waals surface area contributed by atoms with E-state index in [0.717, 1.165) is 16.7 Å². The number of aromatic nitrogens is 1. The third kappa shape index (κ3) is 8.30. The molecule has 6 nitrogen and oxygen atoms in total. The quantitative estimate of drug-likeness (QED) is 0.451. The Bertz CT molecular complexity index is 972. The number of hydrogen-bond acceptors (Lipinski definition) is 5. The summed E-state index contributed by atoms with van der Waals surface area (Å²) in [7, 11) is 0. The molecule has 170 valence electrons. The third-order valence-electron chi connectivity index (χ3n) is 4.54. The molecule has 1 heterocycles. The van der Waals surface area contributed by atoms with Crippen molar-refractivity contribution in [2.24, 2.45) is 0 Å². The average molecular weight is 476 g/mol. The SMILES string of the molecule is CCOC(=O)CN[C@@H](Cc1ccccc1)C(=O)Nc1cccc(-c2ccncc2)c1.Cl.Cl. The Morgan fingerprint density at radius 2 is 1.66 bits per heavy atom. The van der Waals surface area contributed by atoms with Gasteiger partial charge in [-0.2, -0.15) is 0 Å². The van der Waals surface area contributed by atoms with E-state index in [2.05, 4.69) is 15.6 Å². The monoisotopic (exact) mass is 475 g/mol. The number of benzene rings is 2. The van der Waals surface area contributed by atoms with Crippen LogP contribution in [0.5, 0.6) is 0 Å². The van der Waals surface area contributed by atoms with Crippen molar-refractivity contribution in [1.29, 1.82) is 0 Å². The Kier molecular flexibility index (Phi) is 12.0. The number of amides is 1. The highest BCUT2D eigenvalue weighted by molar-refractivity contribution is 5.96. The van der Waals surface area contributed by atoms with Crippen LogP contribution < -0.4 is 10.6 Å². The molecular weight excluding hydrogens is 449 g/mol. The lowest BCUT2D eigenvalue weighted by Crippen LogP contribution is -2.44. The van der Waals surface area contributed by atoms with Gasteiger partial charge in [0, 0.05) is 18.1 Å². The van der Waals surface area contributed by atoms with Crippen LogP contribution >= 0.6 is 24.8 Å². The van der Waals surface area contributed by atoms with Gasteiger partial charge in [0.05, 0.1) is 19.2 Å². The lowest BCUT2D eigenvalue weighted by Gasteiger charge is -2.18. The fraction of sp³-hybridized carbons (Fsp3) is 0.208. The minimum atomic E-state index is -0.582. The van der Waals surface area contributed by atoms with Crippen LogP contribution in [0.2, 0.25) is 0 Å². The molecule has 1 atom stereocenters. The van der Waals surface area contributed by atoms with Gasteiger partial charge in [0.25, 0.3) is 0 Å². The van der Waals surface area contributed by atoms with Gasteiger partial charge in [-0.1, -0.05) is 42.5 Å². The van der Waals surface area contributed by atoms with Gasteiger partial charge in [0.15, 0.2) is 0 Å². The first-order valence-electron chi connectivity index (χ1n) is 9.90. The van der Waals surface area contributed by atoms with Crippen molar-refractivity contribution in [2.45, 2.75) is 19.4 Å². The van der Waals surface area contributed by atoms with Crippen LogP contribution in [0.3, 0.4) is 0 Å². The van der Waals surface area contributed by atoms with Gasteiger partial charge in [-0.15, -0.1) is 24.8 Å². The summed E-state index contributed by atoms with van der Waals surface area (Å²) in [6, 6.07) is 20.6. The molecule has 0 aliphatic rings. The van der Waals surface area contributed by atoms with E-state index >= 15 is 0 Å². The zero-order valence-electron chi connectivity index (χ0n) is 17.7. The molecular formula is C24H27Cl2N3O3. The van der Waals surface area contributed by atoms with E-state index in [1.165, 1.54) is 0 Å². The van der Waals surface area contributed by atoms with Crippen LogP contribution in [0.15, 0.2) is 79.1 Å². The van der Waals surface area contributed by atoms with E-state index in [9.17, 15) is 9.59 Å². The molecule has 0 aliphatic carbocycles. The highest BCUT2D eigenvalue weighted by atomic mass is 35.5. The minimum Gasteiger partial charge on any atom is -0.465 e. The number of rotatable bonds is 9. The van der Waals surface area contributed by atoms with Crippen molar-refractivity contribution in [2.75, 3.05) is 18.5 Å². The van der Waals surface area contributed by atoms with Gasteiger partial charge in [-0.25, -0.2) is 0 Å². The summed E-state index contributed by atoms with van der Waals surface area (Å²) >= 11 is 0. The first-order chi connectivity index (χ1) is 14.7. The van der Waals surface area contributed by atoms with Gasteiger partial charge in [-0.3, -0.25) is 19.9 Å². The number of ether oxygens (including phenoxy) is 1. The van der Waals surface area contributed by atoms with E-state index in [1.54, 1.807) is 19.3 Å². The fourth-order valence-corrected chi connectivity index (χ4v) is 3.08. The first-order valence-corrected chi connectivity index (χ1v) is 9.90. The van der Waals surface area contributed by atoms with E-state index in [0.29, 0.717) is 18.7 Å². The molecule has 32 heavy (non-hydrogen) atoms. The number of nitrogens with one attached hydrogen (secondary N) is 2. The van der Waals surface area contributed by atoms with Crippen molar-refractivity contribution >= 4 is 42.4 Å². The molecule has 0 bridgehead atoms. The van der Waals surface area contributed by atoms with Gasteiger partial charge in [0.2, 0.25) is 5.91 Å². The molecule has 0 radical (unpaired) electrons. The van der Waals surface area contributed by atoms with Crippen LogP contribution in [-0.4, -0.2) is 36.1 Å². The molecule has 8 heteroatoms. The highest BCUT2D eigenvalue weighted by Gasteiger charge is 2.20. The summed E-state index contributed by atoms with van der Waals surface area (Å²) in [6.45, 7) is 2.02. The molecule has 0 spiro atoms. The molecule has 1 amide bonds. The van der Waals surface area contributed by atoms with Gasteiger partial charge < -0.3 is 10.1 Å². The summed E-state index contributed by atoms with van der Waals surface area (Å²) in [6.07, 6.45) is 3.92. The van der Waals surface area contributed by atoms with Gasteiger partial charge in [0.1, 0.15) is 0 Å². The number of esters is 1. The van der Waals surface area contributed by atoms with E-state index < -0.39 is 6.04 Å². The summed E-state index contributed by atoms with van der Waals surface area (Å²) in [4.78, 5) is 28.8. The molecule has 0 aliphatic heterocycles. The van der Waals surface area contributed by atoms with E-state index in [1.807, 2.05) is 66.7 Å². The predicted octanol–water partition coefficient (Wildman–Crippen LogP) is 4.29. The van der Waals surface area contributed by atoms with Crippen LogP contribution in [0.25, 0.3) is 11.1 Å². The maximum Gasteiger partial charge on any atom is 0.319 e. The van der Waals surface area contributed by atoms with Crippen molar-refractivity contribution in [3.8, 4) is 11.1 Å². The number of hydrogen-bond donors (Lipinski definition) is 2. The second-order valence-electron chi connectivity index (χ2n) is 6.73. The topological polar surface area (TPSA) is 80.3 Å². The Morgan fingerprint density at radius 1 is 0.938 bits per heavy atom. The number of halogens is 2. The van der Waals surface area contributed by atoms with Crippen LogP contribution in [0, 0.1) is 0 Å². The molecule has 0 saturated carbocycles. The van der Waals surface area contributed by atoms with Crippen LogP contribution in [0.4, 0.5) is 5.69 Å². The largest absolute Gasteiger partial charge is 0.465 e. The van der Waals surface area contributed by atoms with Gasteiger partial charge >= 0.3 is 5.97 Å². The number of carbonyl (C=O) groups is 2. The average Bonchev–Trinajstić information content (AvgIpc) is 2.78. The Balaban J connectivity index is 0.00000256. The molecule has 0 saturated heterocycles. The molecule has 0 unspecified atom stereocenters. The second kappa shape index (κ2) is 14.2. The zero-order valence-corrected chi connectivity index (χ0v) is 19.3. The smallest absolute Gasteiger partial charge is 0.319 e.